The summed E-state index contributed by atoms with van der Waals surface area (Å²) < 4.78 is 0. The first-order valence-corrected chi connectivity index (χ1v) is 13.8. The second-order valence-electron chi connectivity index (χ2n) is 10.6. The molecule has 3 N–H and O–H groups in total. The van der Waals surface area contributed by atoms with Gasteiger partial charge in [-0.3, -0.25) is 14.4 Å². The summed E-state index contributed by atoms with van der Waals surface area (Å²) in [4.78, 5) is 54.5. The maximum Gasteiger partial charge on any atom is 0.270 e. The average Bonchev–Trinajstić information content (AvgIpc) is 3.44. The molecule has 2 aromatic heterocycles. The summed E-state index contributed by atoms with van der Waals surface area (Å²) in [6.07, 6.45) is 1.07. The fourth-order valence-electron chi connectivity index (χ4n) is 5.47. The molecular weight excluding hydrogens is 518 g/mol. The molecule has 0 radical (unpaired) electrons. The Morgan fingerprint density at radius 1 is 0.951 bits per heavy atom. The molecule has 1 aliphatic heterocycles. The van der Waals surface area contributed by atoms with E-state index in [1.807, 2.05) is 60.7 Å². The molecule has 0 spiro atoms. The van der Waals surface area contributed by atoms with Crippen LogP contribution in [0.1, 0.15) is 35.8 Å². The smallest absolute Gasteiger partial charge is 0.270 e. The van der Waals surface area contributed by atoms with Crippen molar-refractivity contribution in [1.82, 2.24) is 30.1 Å². The molecule has 2 aromatic carbocycles. The SMILES string of the molecule is CC(=O)NCCNc1nc(-c2ccccc2)nc2[nH]c(C(=O)N3CCC(C(=O)N(C)C)(c4ccccc4)CC3)cc12. The largest absolute Gasteiger partial charge is 0.368 e. The number of nitrogens with one attached hydrogen (secondary N) is 3. The minimum Gasteiger partial charge on any atom is -0.368 e. The normalized spacial score (nSPS) is 14.5. The fourth-order valence-corrected chi connectivity index (χ4v) is 5.47. The van der Waals surface area contributed by atoms with E-state index in [0.29, 0.717) is 67.4 Å². The number of likely N-dealkylation sites (tertiary alicyclic amines) is 1. The van der Waals surface area contributed by atoms with Crippen LogP contribution < -0.4 is 10.6 Å². The number of benzene rings is 2. The lowest BCUT2D eigenvalue weighted by Gasteiger charge is -2.42. The third-order valence-electron chi connectivity index (χ3n) is 7.59. The van der Waals surface area contributed by atoms with Crippen LogP contribution in [0.4, 0.5) is 5.82 Å². The number of hydrogen-bond donors (Lipinski definition) is 3. The zero-order valence-corrected chi connectivity index (χ0v) is 23.6. The minimum absolute atomic E-state index is 0.0557. The van der Waals surface area contributed by atoms with E-state index in [9.17, 15) is 14.4 Å². The van der Waals surface area contributed by atoms with E-state index in [1.165, 1.54) is 6.92 Å². The number of rotatable bonds is 8. The number of carbonyl (C=O) groups is 3. The molecule has 1 aliphatic rings. The summed E-state index contributed by atoms with van der Waals surface area (Å²) in [5.41, 5.74) is 2.12. The maximum atomic E-state index is 13.7. The first kappa shape index (κ1) is 27.8. The van der Waals surface area contributed by atoms with Crippen molar-refractivity contribution in [3.8, 4) is 11.4 Å². The highest BCUT2D eigenvalue weighted by atomic mass is 16.2. The van der Waals surface area contributed by atoms with E-state index in [0.717, 1.165) is 11.1 Å². The van der Waals surface area contributed by atoms with Gasteiger partial charge in [-0.05, 0) is 24.5 Å². The summed E-state index contributed by atoms with van der Waals surface area (Å²) in [5, 5.41) is 6.74. The number of aromatic nitrogens is 3. The van der Waals surface area contributed by atoms with Crippen molar-refractivity contribution in [3.05, 3.63) is 78.0 Å². The van der Waals surface area contributed by atoms with Gasteiger partial charge in [0.2, 0.25) is 11.8 Å². The van der Waals surface area contributed by atoms with Crippen LogP contribution in [-0.4, -0.2) is 82.7 Å². The van der Waals surface area contributed by atoms with Gasteiger partial charge in [0.05, 0.1) is 10.8 Å². The Hall–Kier alpha value is -4.73. The van der Waals surface area contributed by atoms with Crippen molar-refractivity contribution >= 4 is 34.6 Å². The van der Waals surface area contributed by atoms with Crippen molar-refractivity contribution in [2.45, 2.75) is 25.2 Å². The number of carbonyl (C=O) groups excluding carboxylic acids is 3. The lowest BCUT2D eigenvalue weighted by molar-refractivity contribution is -0.136. The van der Waals surface area contributed by atoms with Crippen LogP contribution >= 0.6 is 0 Å². The van der Waals surface area contributed by atoms with Crippen molar-refractivity contribution in [2.24, 2.45) is 0 Å². The number of piperidine rings is 1. The molecule has 1 saturated heterocycles. The van der Waals surface area contributed by atoms with E-state index in [4.69, 9.17) is 9.97 Å². The third kappa shape index (κ3) is 5.77. The van der Waals surface area contributed by atoms with Gasteiger partial charge in [0, 0.05) is 52.8 Å². The molecule has 5 rings (SSSR count). The molecule has 212 valence electrons. The standard InChI is InChI=1S/C31H35N7O3/c1-21(39)32-16-17-33-27-24-20-25(34-28(24)36-26(35-27)22-10-6-4-7-11-22)29(40)38-18-14-31(15-19-38,30(41)37(2)3)23-12-8-5-9-13-23/h4-13,20H,14-19H2,1-3H3,(H,32,39)(H2,33,34,35,36). The minimum atomic E-state index is -0.664. The fraction of sp³-hybridized carbons (Fsp3) is 0.323. The molecule has 0 unspecified atom stereocenters. The van der Waals surface area contributed by atoms with Crippen LogP contribution in [0.15, 0.2) is 66.7 Å². The number of aromatic amines is 1. The summed E-state index contributed by atoms with van der Waals surface area (Å²) in [6.45, 7) is 3.26. The van der Waals surface area contributed by atoms with Crippen molar-refractivity contribution in [2.75, 3.05) is 45.6 Å². The van der Waals surface area contributed by atoms with Crippen LogP contribution in [0.5, 0.6) is 0 Å². The van der Waals surface area contributed by atoms with Gasteiger partial charge in [-0.15, -0.1) is 0 Å². The average molecular weight is 554 g/mol. The topological polar surface area (TPSA) is 123 Å². The van der Waals surface area contributed by atoms with Crippen LogP contribution in [0.2, 0.25) is 0 Å². The molecule has 0 saturated carbocycles. The van der Waals surface area contributed by atoms with Gasteiger partial charge in [0.1, 0.15) is 17.2 Å². The monoisotopic (exact) mass is 553 g/mol. The third-order valence-corrected chi connectivity index (χ3v) is 7.59. The first-order valence-electron chi connectivity index (χ1n) is 13.8. The molecule has 1 fully saturated rings. The maximum absolute atomic E-state index is 13.7. The summed E-state index contributed by atoms with van der Waals surface area (Å²) in [6, 6.07) is 21.3. The van der Waals surface area contributed by atoms with E-state index in [2.05, 4.69) is 15.6 Å². The van der Waals surface area contributed by atoms with Crippen molar-refractivity contribution in [3.63, 3.8) is 0 Å². The molecule has 3 heterocycles. The lowest BCUT2D eigenvalue weighted by Crippen LogP contribution is -2.52. The van der Waals surface area contributed by atoms with Gasteiger partial charge in [-0.1, -0.05) is 60.7 Å². The zero-order chi connectivity index (χ0) is 29.0. The van der Waals surface area contributed by atoms with Gasteiger partial charge in [0.25, 0.3) is 5.91 Å². The molecular formula is C31H35N7O3. The molecule has 4 aromatic rings. The highest BCUT2D eigenvalue weighted by Gasteiger charge is 2.44. The number of likely N-dealkylation sites (N-methyl/N-ethyl adjacent to an activating group) is 1. The molecule has 10 nitrogen and oxygen atoms in total. The number of fused-ring (bicyclic) bond motifs is 1. The molecule has 10 heteroatoms. The lowest BCUT2D eigenvalue weighted by atomic mass is 9.71. The van der Waals surface area contributed by atoms with E-state index < -0.39 is 5.41 Å². The number of anilines is 1. The first-order chi connectivity index (χ1) is 19.8. The summed E-state index contributed by atoms with van der Waals surface area (Å²) in [7, 11) is 3.56. The van der Waals surface area contributed by atoms with Gasteiger partial charge in [-0.25, -0.2) is 9.97 Å². The van der Waals surface area contributed by atoms with Gasteiger partial charge < -0.3 is 25.4 Å². The summed E-state index contributed by atoms with van der Waals surface area (Å²) >= 11 is 0. The van der Waals surface area contributed by atoms with E-state index >= 15 is 0 Å². The van der Waals surface area contributed by atoms with Crippen LogP contribution in [0.25, 0.3) is 22.4 Å². The van der Waals surface area contributed by atoms with Crippen LogP contribution in [0.3, 0.4) is 0 Å². The molecule has 0 bridgehead atoms. The molecule has 0 aliphatic carbocycles. The molecule has 3 amide bonds. The Bertz CT molecular complexity index is 1540. The Kier molecular flexibility index (Phi) is 8.00. The second kappa shape index (κ2) is 11.8. The van der Waals surface area contributed by atoms with E-state index in [-0.39, 0.29) is 17.7 Å². The Balaban J connectivity index is 1.41. The highest BCUT2D eigenvalue weighted by molar-refractivity contribution is 6.00. The second-order valence-corrected chi connectivity index (χ2v) is 10.6. The van der Waals surface area contributed by atoms with Gasteiger partial charge in [-0.2, -0.15) is 0 Å². The number of hydrogen-bond acceptors (Lipinski definition) is 6. The van der Waals surface area contributed by atoms with E-state index in [1.54, 1.807) is 30.0 Å². The number of H-pyrrole nitrogens is 1. The predicted octanol–water partition coefficient (Wildman–Crippen LogP) is 3.44. The van der Waals surface area contributed by atoms with Gasteiger partial charge >= 0.3 is 0 Å². The van der Waals surface area contributed by atoms with Crippen molar-refractivity contribution < 1.29 is 14.4 Å². The predicted molar refractivity (Wildman–Crippen MR) is 158 cm³/mol. The molecule has 41 heavy (non-hydrogen) atoms. The highest BCUT2D eigenvalue weighted by Crippen LogP contribution is 2.37. The van der Waals surface area contributed by atoms with Crippen LogP contribution in [0, 0.1) is 0 Å². The zero-order valence-electron chi connectivity index (χ0n) is 23.6. The number of amides is 3. The number of nitrogens with zero attached hydrogens (tertiary/aromatic N) is 4. The molecule has 0 atom stereocenters. The van der Waals surface area contributed by atoms with Crippen LogP contribution in [-0.2, 0) is 15.0 Å². The quantitative estimate of drug-likeness (QED) is 0.287. The Morgan fingerprint density at radius 3 is 2.24 bits per heavy atom. The van der Waals surface area contributed by atoms with Gasteiger partial charge in [0.15, 0.2) is 5.82 Å². The Morgan fingerprint density at radius 2 is 1.61 bits per heavy atom. The Labute approximate surface area is 239 Å². The summed E-state index contributed by atoms with van der Waals surface area (Å²) in [5.74, 6) is 0.901. The van der Waals surface area contributed by atoms with Crippen molar-refractivity contribution in [1.29, 1.82) is 0 Å².